The van der Waals surface area contributed by atoms with Crippen LogP contribution in [-0.4, -0.2) is 26.7 Å². The number of hydrogen-bond acceptors (Lipinski definition) is 4. The van der Waals surface area contributed by atoms with E-state index in [1.165, 1.54) is 0 Å². The molecule has 0 saturated heterocycles. The fourth-order valence-corrected chi connectivity index (χ4v) is 4.24. The Morgan fingerprint density at radius 3 is 2.48 bits per heavy atom. The average molecular weight is 383 g/mol. The number of anilines is 1. The van der Waals surface area contributed by atoms with Crippen molar-refractivity contribution in [2.75, 3.05) is 17.7 Å². The summed E-state index contributed by atoms with van der Waals surface area (Å²) in [5.74, 6) is -0.840. The minimum atomic E-state index is -3.62. The van der Waals surface area contributed by atoms with Crippen LogP contribution in [0.5, 0.6) is 5.75 Å². The molecule has 0 aliphatic rings. The lowest BCUT2D eigenvalue weighted by Crippen LogP contribution is -2.24. The first kappa shape index (κ1) is 18.9. The average Bonchev–Trinajstić information content (AvgIpc) is 2.63. The lowest BCUT2D eigenvalue weighted by molar-refractivity contribution is -0.113. The molecule has 3 rings (SSSR count). The van der Waals surface area contributed by atoms with Crippen molar-refractivity contribution in [3.05, 3.63) is 72.3 Å². The van der Waals surface area contributed by atoms with Gasteiger partial charge < -0.3 is 10.1 Å². The molecule has 0 bridgehead atoms. The van der Waals surface area contributed by atoms with E-state index < -0.39 is 21.5 Å². The maximum atomic E-state index is 12.6. The predicted molar refractivity (Wildman–Crippen MR) is 108 cm³/mol. The van der Waals surface area contributed by atoms with Crippen LogP contribution in [0.15, 0.2) is 66.7 Å². The van der Waals surface area contributed by atoms with Crippen molar-refractivity contribution in [3.63, 3.8) is 0 Å². The largest absolute Gasteiger partial charge is 0.492 e. The van der Waals surface area contributed by atoms with Gasteiger partial charge in [0.1, 0.15) is 11.5 Å². The highest BCUT2D eigenvalue weighted by molar-refractivity contribution is 7.91. The van der Waals surface area contributed by atoms with Gasteiger partial charge in [-0.2, -0.15) is 0 Å². The Morgan fingerprint density at radius 2 is 1.67 bits per heavy atom. The van der Waals surface area contributed by atoms with Gasteiger partial charge in [0.15, 0.2) is 9.84 Å². The van der Waals surface area contributed by atoms with Gasteiger partial charge in [0.2, 0.25) is 5.91 Å². The van der Waals surface area contributed by atoms with Gasteiger partial charge in [-0.1, -0.05) is 54.6 Å². The zero-order valence-corrected chi connectivity index (χ0v) is 15.8. The van der Waals surface area contributed by atoms with E-state index in [2.05, 4.69) is 5.32 Å². The van der Waals surface area contributed by atoms with Crippen LogP contribution in [-0.2, 0) is 20.4 Å². The van der Waals surface area contributed by atoms with E-state index in [4.69, 9.17) is 4.74 Å². The van der Waals surface area contributed by atoms with Gasteiger partial charge in [0.25, 0.3) is 0 Å². The SMILES string of the molecule is CCOc1ccccc1NC(=O)CS(=O)(=O)Cc1cccc2ccccc12. The van der Waals surface area contributed by atoms with Crippen LogP contribution in [0.1, 0.15) is 12.5 Å². The lowest BCUT2D eigenvalue weighted by atomic mass is 10.1. The van der Waals surface area contributed by atoms with Crippen molar-refractivity contribution in [2.45, 2.75) is 12.7 Å². The third-order valence-corrected chi connectivity index (χ3v) is 5.52. The van der Waals surface area contributed by atoms with Crippen LogP contribution in [0.25, 0.3) is 10.8 Å². The van der Waals surface area contributed by atoms with Gasteiger partial charge >= 0.3 is 0 Å². The molecule has 3 aromatic rings. The summed E-state index contributed by atoms with van der Waals surface area (Å²) in [5.41, 5.74) is 1.15. The summed E-state index contributed by atoms with van der Waals surface area (Å²) >= 11 is 0. The molecule has 1 amide bonds. The van der Waals surface area contributed by atoms with Crippen molar-refractivity contribution in [1.29, 1.82) is 0 Å². The number of sulfone groups is 1. The van der Waals surface area contributed by atoms with Gasteiger partial charge in [-0.05, 0) is 35.4 Å². The van der Waals surface area contributed by atoms with Gasteiger partial charge in [0.05, 0.1) is 18.0 Å². The number of hydrogen-bond donors (Lipinski definition) is 1. The number of carbonyl (C=O) groups excluding carboxylic acids is 1. The predicted octanol–water partition coefficient (Wildman–Crippen LogP) is 3.79. The lowest BCUT2D eigenvalue weighted by Gasteiger charge is -2.12. The Balaban J connectivity index is 1.74. The Kier molecular flexibility index (Phi) is 5.76. The highest BCUT2D eigenvalue weighted by Gasteiger charge is 2.19. The summed E-state index contributed by atoms with van der Waals surface area (Å²) in [5, 5.41) is 4.48. The molecule has 6 heteroatoms. The normalized spacial score (nSPS) is 11.3. The second kappa shape index (κ2) is 8.22. The van der Waals surface area contributed by atoms with Crippen LogP contribution < -0.4 is 10.1 Å². The molecule has 0 atom stereocenters. The number of rotatable bonds is 7. The zero-order chi connectivity index (χ0) is 19.3. The Labute approximate surface area is 158 Å². The topological polar surface area (TPSA) is 72.5 Å². The van der Waals surface area contributed by atoms with E-state index in [-0.39, 0.29) is 5.75 Å². The molecule has 0 aliphatic heterocycles. The molecule has 3 aromatic carbocycles. The minimum absolute atomic E-state index is 0.186. The number of benzene rings is 3. The number of nitrogens with one attached hydrogen (secondary N) is 1. The molecule has 140 valence electrons. The fraction of sp³-hybridized carbons (Fsp3) is 0.190. The third-order valence-electron chi connectivity index (χ3n) is 4.07. The van der Waals surface area contributed by atoms with Gasteiger partial charge in [-0.25, -0.2) is 8.42 Å². The molecule has 0 heterocycles. The second-order valence-corrected chi connectivity index (χ2v) is 8.21. The molecule has 0 saturated carbocycles. The van der Waals surface area contributed by atoms with Crippen molar-refractivity contribution < 1.29 is 17.9 Å². The van der Waals surface area contributed by atoms with E-state index >= 15 is 0 Å². The first-order chi connectivity index (χ1) is 13.0. The molecule has 5 nitrogen and oxygen atoms in total. The highest BCUT2D eigenvalue weighted by atomic mass is 32.2. The smallest absolute Gasteiger partial charge is 0.239 e. The molecular formula is C21H21NO4S. The van der Waals surface area contributed by atoms with Crippen molar-refractivity contribution in [2.24, 2.45) is 0 Å². The summed E-state index contributed by atoms with van der Waals surface area (Å²) in [7, 11) is -3.62. The molecule has 0 aliphatic carbocycles. The summed E-state index contributed by atoms with van der Waals surface area (Å²) in [6.07, 6.45) is 0. The van der Waals surface area contributed by atoms with Gasteiger partial charge in [-0.15, -0.1) is 0 Å². The second-order valence-electron chi connectivity index (χ2n) is 6.15. The quantitative estimate of drug-likeness (QED) is 0.674. The summed E-state index contributed by atoms with van der Waals surface area (Å²) in [4.78, 5) is 12.3. The summed E-state index contributed by atoms with van der Waals surface area (Å²) in [6.45, 7) is 2.29. The molecule has 1 N–H and O–H groups in total. The van der Waals surface area contributed by atoms with Crippen LogP contribution in [0.3, 0.4) is 0 Å². The monoisotopic (exact) mass is 383 g/mol. The molecule has 0 spiro atoms. The van der Waals surface area contributed by atoms with E-state index in [0.29, 0.717) is 23.6 Å². The first-order valence-corrected chi connectivity index (χ1v) is 10.5. The molecule has 0 radical (unpaired) electrons. The molecule has 27 heavy (non-hydrogen) atoms. The van der Waals surface area contributed by atoms with Crippen molar-refractivity contribution >= 4 is 32.2 Å². The summed E-state index contributed by atoms with van der Waals surface area (Å²) < 4.78 is 30.6. The number of amides is 1. The fourth-order valence-electron chi connectivity index (χ4n) is 2.94. The standard InChI is InChI=1S/C21H21NO4S/c1-2-26-20-13-6-5-12-19(20)22-21(23)15-27(24,25)14-17-10-7-9-16-8-3-4-11-18(16)17/h3-13H,2,14-15H2,1H3,(H,22,23). The maximum absolute atomic E-state index is 12.6. The maximum Gasteiger partial charge on any atom is 0.239 e. The number of carbonyl (C=O) groups is 1. The Bertz CT molecular complexity index is 1060. The van der Waals surface area contributed by atoms with Crippen LogP contribution >= 0.6 is 0 Å². The van der Waals surface area contributed by atoms with E-state index in [9.17, 15) is 13.2 Å². The van der Waals surface area contributed by atoms with Crippen LogP contribution in [0, 0.1) is 0 Å². The molecule has 0 aromatic heterocycles. The van der Waals surface area contributed by atoms with Crippen LogP contribution in [0.2, 0.25) is 0 Å². The van der Waals surface area contributed by atoms with Crippen LogP contribution in [0.4, 0.5) is 5.69 Å². The minimum Gasteiger partial charge on any atom is -0.492 e. The van der Waals surface area contributed by atoms with Crippen molar-refractivity contribution in [1.82, 2.24) is 0 Å². The van der Waals surface area contributed by atoms with Gasteiger partial charge in [0, 0.05) is 0 Å². The summed E-state index contributed by atoms with van der Waals surface area (Å²) in [6, 6.07) is 20.1. The third kappa shape index (κ3) is 4.86. The molecule has 0 fully saturated rings. The molecule has 0 unspecified atom stereocenters. The van der Waals surface area contributed by atoms with E-state index in [1.807, 2.05) is 43.3 Å². The van der Waals surface area contributed by atoms with Gasteiger partial charge in [-0.3, -0.25) is 4.79 Å². The Hall–Kier alpha value is -2.86. The number of ether oxygens (including phenoxy) is 1. The number of para-hydroxylation sites is 2. The highest BCUT2D eigenvalue weighted by Crippen LogP contribution is 2.24. The number of fused-ring (bicyclic) bond motifs is 1. The first-order valence-electron chi connectivity index (χ1n) is 8.67. The van der Waals surface area contributed by atoms with E-state index in [0.717, 1.165) is 10.8 Å². The zero-order valence-electron chi connectivity index (χ0n) is 15.0. The van der Waals surface area contributed by atoms with Crippen molar-refractivity contribution in [3.8, 4) is 5.75 Å². The molecular weight excluding hydrogens is 362 g/mol. The van der Waals surface area contributed by atoms with E-state index in [1.54, 1.807) is 30.3 Å². The Morgan fingerprint density at radius 1 is 0.963 bits per heavy atom.